The van der Waals surface area contributed by atoms with Gasteiger partial charge in [-0.2, -0.15) is 4.98 Å². The number of aromatic nitrogens is 2. The summed E-state index contributed by atoms with van der Waals surface area (Å²) < 4.78 is 5.08. The molecule has 24 heavy (non-hydrogen) atoms. The number of amides is 1. The molecular weight excluding hydrogens is 308 g/mol. The van der Waals surface area contributed by atoms with Crippen LogP contribution in [0.3, 0.4) is 0 Å². The molecule has 1 saturated heterocycles. The van der Waals surface area contributed by atoms with Crippen LogP contribution in [0.4, 0.5) is 0 Å². The first-order valence-corrected chi connectivity index (χ1v) is 8.71. The van der Waals surface area contributed by atoms with Gasteiger partial charge in [0, 0.05) is 32.1 Å². The van der Waals surface area contributed by atoms with Crippen LogP contribution >= 0.6 is 0 Å². The predicted octanol–water partition coefficient (Wildman–Crippen LogP) is 0.834. The summed E-state index contributed by atoms with van der Waals surface area (Å²) in [6.45, 7) is 3.79. The van der Waals surface area contributed by atoms with Gasteiger partial charge in [-0.25, -0.2) is 0 Å². The first-order chi connectivity index (χ1) is 11.7. The van der Waals surface area contributed by atoms with E-state index in [1.807, 2.05) is 4.90 Å². The fourth-order valence-electron chi connectivity index (χ4n) is 3.47. The number of rotatable bonds is 4. The Morgan fingerprint density at radius 2 is 2.17 bits per heavy atom. The standard InChI is InChI=1S/C16H26N6O2/c1-11-19-14(24-21-11)9-18-16(17-2)20-13-7-8-22(10-13)15(23)12-5-3-4-6-12/h12-13H,3-10H2,1-2H3,(H2,17,18,20). The summed E-state index contributed by atoms with van der Waals surface area (Å²) >= 11 is 0. The van der Waals surface area contributed by atoms with Crippen molar-refractivity contribution in [2.45, 2.75) is 51.6 Å². The van der Waals surface area contributed by atoms with Crippen molar-refractivity contribution in [2.24, 2.45) is 10.9 Å². The van der Waals surface area contributed by atoms with Crippen LogP contribution in [0.5, 0.6) is 0 Å². The fraction of sp³-hybridized carbons (Fsp3) is 0.750. The highest BCUT2D eigenvalue weighted by atomic mass is 16.5. The Balaban J connectivity index is 1.45. The first-order valence-electron chi connectivity index (χ1n) is 8.71. The van der Waals surface area contributed by atoms with Gasteiger partial charge in [-0.3, -0.25) is 9.79 Å². The molecule has 132 valence electrons. The van der Waals surface area contributed by atoms with E-state index in [-0.39, 0.29) is 12.0 Å². The quantitative estimate of drug-likeness (QED) is 0.626. The molecule has 0 aromatic carbocycles. The number of hydrogen-bond acceptors (Lipinski definition) is 5. The molecule has 1 saturated carbocycles. The summed E-state index contributed by atoms with van der Waals surface area (Å²) in [5.74, 6) is 2.42. The van der Waals surface area contributed by atoms with Gasteiger partial charge in [0.2, 0.25) is 11.8 Å². The zero-order valence-corrected chi connectivity index (χ0v) is 14.4. The second-order valence-corrected chi connectivity index (χ2v) is 6.56. The normalized spacial score (nSPS) is 22.2. The molecule has 0 bridgehead atoms. The fourth-order valence-corrected chi connectivity index (χ4v) is 3.47. The number of likely N-dealkylation sites (tertiary alicyclic amines) is 1. The molecular formula is C16H26N6O2. The van der Waals surface area contributed by atoms with Crippen molar-refractivity contribution in [3.05, 3.63) is 11.7 Å². The second-order valence-electron chi connectivity index (χ2n) is 6.56. The minimum absolute atomic E-state index is 0.228. The van der Waals surface area contributed by atoms with Crippen molar-refractivity contribution in [1.29, 1.82) is 0 Å². The third-order valence-electron chi connectivity index (χ3n) is 4.75. The van der Waals surface area contributed by atoms with Crippen molar-refractivity contribution in [3.63, 3.8) is 0 Å². The highest BCUT2D eigenvalue weighted by Gasteiger charge is 2.32. The Kier molecular flexibility index (Phi) is 5.32. The van der Waals surface area contributed by atoms with E-state index in [2.05, 4.69) is 25.8 Å². The van der Waals surface area contributed by atoms with Crippen LogP contribution in [0.1, 0.15) is 43.8 Å². The Bertz CT molecular complexity index is 593. The van der Waals surface area contributed by atoms with E-state index in [9.17, 15) is 4.79 Å². The van der Waals surface area contributed by atoms with Crippen LogP contribution in [-0.4, -0.2) is 53.1 Å². The lowest BCUT2D eigenvalue weighted by molar-refractivity contribution is -0.134. The molecule has 1 aliphatic heterocycles. The van der Waals surface area contributed by atoms with E-state index in [1.165, 1.54) is 12.8 Å². The summed E-state index contributed by atoms with van der Waals surface area (Å²) in [7, 11) is 1.73. The lowest BCUT2D eigenvalue weighted by Gasteiger charge is -2.21. The van der Waals surface area contributed by atoms with Crippen molar-refractivity contribution >= 4 is 11.9 Å². The summed E-state index contributed by atoms with van der Waals surface area (Å²) in [5, 5.41) is 10.3. The molecule has 0 radical (unpaired) electrons. The lowest BCUT2D eigenvalue weighted by atomic mass is 10.1. The third-order valence-corrected chi connectivity index (χ3v) is 4.75. The highest BCUT2D eigenvalue weighted by Crippen LogP contribution is 2.27. The van der Waals surface area contributed by atoms with Gasteiger partial charge in [0.25, 0.3) is 0 Å². The number of carbonyl (C=O) groups excluding carboxylic acids is 1. The topological polar surface area (TPSA) is 95.7 Å². The first kappa shape index (κ1) is 16.7. The molecule has 1 unspecified atom stereocenters. The lowest BCUT2D eigenvalue weighted by Crippen LogP contribution is -2.45. The smallest absolute Gasteiger partial charge is 0.246 e. The average molecular weight is 334 g/mol. The molecule has 1 amide bonds. The van der Waals surface area contributed by atoms with E-state index < -0.39 is 0 Å². The van der Waals surface area contributed by atoms with Crippen LogP contribution in [0.15, 0.2) is 9.52 Å². The molecule has 2 N–H and O–H groups in total. The molecule has 2 fully saturated rings. The Hall–Kier alpha value is -2.12. The van der Waals surface area contributed by atoms with Crippen molar-refractivity contribution in [2.75, 3.05) is 20.1 Å². The second kappa shape index (κ2) is 7.63. The highest BCUT2D eigenvalue weighted by molar-refractivity contribution is 5.81. The molecule has 1 aromatic rings. The Labute approximate surface area is 142 Å². The molecule has 1 aromatic heterocycles. The van der Waals surface area contributed by atoms with Crippen LogP contribution in [0.25, 0.3) is 0 Å². The maximum Gasteiger partial charge on any atom is 0.246 e. The van der Waals surface area contributed by atoms with Crippen molar-refractivity contribution < 1.29 is 9.32 Å². The molecule has 8 nitrogen and oxygen atoms in total. The number of guanidine groups is 1. The molecule has 2 heterocycles. The van der Waals surface area contributed by atoms with Gasteiger partial charge in [0.05, 0.1) is 6.54 Å². The van der Waals surface area contributed by atoms with E-state index in [0.29, 0.717) is 30.1 Å². The minimum atomic E-state index is 0.228. The Morgan fingerprint density at radius 1 is 1.38 bits per heavy atom. The van der Waals surface area contributed by atoms with E-state index in [1.54, 1.807) is 14.0 Å². The van der Waals surface area contributed by atoms with Gasteiger partial charge < -0.3 is 20.1 Å². The van der Waals surface area contributed by atoms with Crippen LogP contribution < -0.4 is 10.6 Å². The van der Waals surface area contributed by atoms with Crippen LogP contribution in [-0.2, 0) is 11.3 Å². The number of nitrogens with one attached hydrogen (secondary N) is 2. The molecule has 8 heteroatoms. The van der Waals surface area contributed by atoms with Gasteiger partial charge in [-0.1, -0.05) is 18.0 Å². The summed E-state index contributed by atoms with van der Waals surface area (Å²) in [6, 6.07) is 0.228. The zero-order valence-electron chi connectivity index (χ0n) is 14.4. The van der Waals surface area contributed by atoms with E-state index in [0.717, 1.165) is 32.4 Å². The SMILES string of the molecule is CN=C(NCc1nc(C)no1)NC1CCN(C(=O)C2CCCC2)C1. The number of aryl methyl sites for hydroxylation is 1. The van der Waals surface area contributed by atoms with Crippen LogP contribution in [0.2, 0.25) is 0 Å². The number of nitrogens with zero attached hydrogens (tertiary/aromatic N) is 4. The number of carbonyl (C=O) groups is 1. The van der Waals surface area contributed by atoms with E-state index >= 15 is 0 Å². The summed E-state index contributed by atoms with van der Waals surface area (Å²) in [4.78, 5) is 22.9. The largest absolute Gasteiger partial charge is 0.352 e. The van der Waals surface area contributed by atoms with Gasteiger partial charge in [-0.15, -0.1) is 0 Å². The number of hydrogen-bond donors (Lipinski definition) is 2. The number of aliphatic imine (C=N–C) groups is 1. The molecule has 2 aliphatic rings. The molecule has 1 aliphatic carbocycles. The maximum absolute atomic E-state index is 12.5. The maximum atomic E-state index is 12.5. The average Bonchev–Trinajstić information content (AvgIpc) is 3.32. The van der Waals surface area contributed by atoms with Gasteiger partial charge in [0.1, 0.15) is 0 Å². The summed E-state index contributed by atoms with van der Waals surface area (Å²) in [6.07, 6.45) is 5.44. The van der Waals surface area contributed by atoms with Crippen molar-refractivity contribution in [3.8, 4) is 0 Å². The molecule has 3 rings (SSSR count). The minimum Gasteiger partial charge on any atom is -0.352 e. The van der Waals surface area contributed by atoms with Crippen molar-refractivity contribution in [1.82, 2.24) is 25.7 Å². The monoisotopic (exact) mass is 334 g/mol. The van der Waals surface area contributed by atoms with Gasteiger partial charge in [0.15, 0.2) is 11.8 Å². The Morgan fingerprint density at radius 3 is 2.83 bits per heavy atom. The molecule has 0 spiro atoms. The predicted molar refractivity (Wildman–Crippen MR) is 89.3 cm³/mol. The van der Waals surface area contributed by atoms with E-state index in [4.69, 9.17) is 4.52 Å². The third kappa shape index (κ3) is 4.04. The zero-order chi connectivity index (χ0) is 16.9. The van der Waals surface area contributed by atoms with Crippen LogP contribution in [0, 0.1) is 12.8 Å². The molecule has 1 atom stereocenters. The summed E-state index contributed by atoms with van der Waals surface area (Å²) in [5.41, 5.74) is 0. The van der Waals surface area contributed by atoms with Gasteiger partial charge >= 0.3 is 0 Å². The van der Waals surface area contributed by atoms with Gasteiger partial charge in [-0.05, 0) is 26.2 Å².